The highest BCUT2D eigenvalue weighted by Crippen LogP contribution is 2.15. The van der Waals surface area contributed by atoms with Crippen LogP contribution in [0.25, 0.3) is 0 Å². The Morgan fingerprint density at radius 3 is 2.11 bits per heavy atom. The van der Waals surface area contributed by atoms with Crippen molar-refractivity contribution in [1.29, 1.82) is 0 Å². The lowest BCUT2D eigenvalue weighted by Gasteiger charge is -2.14. The van der Waals surface area contributed by atoms with E-state index in [9.17, 15) is 14.4 Å². The molecule has 0 aromatic heterocycles. The smallest absolute Gasteiger partial charge is 0.338 e. The van der Waals surface area contributed by atoms with E-state index in [2.05, 4.69) is 5.32 Å². The van der Waals surface area contributed by atoms with E-state index >= 15 is 0 Å². The summed E-state index contributed by atoms with van der Waals surface area (Å²) in [5, 5.41) is 2.65. The molecule has 0 aliphatic rings. The van der Waals surface area contributed by atoms with Crippen molar-refractivity contribution in [2.24, 2.45) is 0 Å². The minimum atomic E-state index is -0.971. The van der Waals surface area contributed by atoms with Crippen LogP contribution in [0.5, 0.6) is 5.75 Å². The molecule has 0 saturated heterocycles. The Morgan fingerprint density at radius 2 is 1.56 bits per heavy atom. The van der Waals surface area contributed by atoms with Gasteiger partial charge < -0.3 is 14.8 Å². The average Bonchev–Trinajstić information content (AvgIpc) is 2.67. The van der Waals surface area contributed by atoms with Crippen LogP contribution in [0.2, 0.25) is 0 Å². The lowest BCUT2D eigenvalue weighted by Crippen LogP contribution is -2.30. The number of ether oxygens (including phenoxy) is 2. The topological polar surface area (TPSA) is 81.7 Å². The quantitative estimate of drug-likeness (QED) is 0.564. The molecule has 1 atom stereocenters. The first-order valence-electron chi connectivity index (χ1n) is 8.76. The number of amides is 1. The van der Waals surface area contributed by atoms with Gasteiger partial charge in [-0.3, -0.25) is 9.59 Å². The largest absolute Gasteiger partial charge is 0.494 e. The summed E-state index contributed by atoms with van der Waals surface area (Å²) < 4.78 is 10.7. The Bertz CT molecular complexity index is 796. The Labute approximate surface area is 158 Å². The van der Waals surface area contributed by atoms with Gasteiger partial charge in [-0.05, 0) is 68.8 Å². The summed E-state index contributed by atoms with van der Waals surface area (Å²) in [5.74, 6) is -0.428. The van der Waals surface area contributed by atoms with Crippen molar-refractivity contribution in [2.45, 2.75) is 33.3 Å². The van der Waals surface area contributed by atoms with Crippen molar-refractivity contribution in [3.8, 4) is 5.75 Å². The van der Waals surface area contributed by atoms with E-state index in [-0.39, 0.29) is 5.78 Å². The predicted molar refractivity (Wildman–Crippen MR) is 102 cm³/mol. The third-order valence-electron chi connectivity index (χ3n) is 3.77. The highest BCUT2D eigenvalue weighted by atomic mass is 16.5. The molecule has 6 heteroatoms. The van der Waals surface area contributed by atoms with E-state index in [1.165, 1.54) is 13.8 Å². The van der Waals surface area contributed by atoms with Gasteiger partial charge >= 0.3 is 5.97 Å². The summed E-state index contributed by atoms with van der Waals surface area (Å²) in [4.78, 5) is 35.6. The molecule has 0 bridgehead atoms. The second-order valence-electron chi connectivity index (χ2n) is 6.04. The van der Waals surface area contributed by atoms with Gasteiger partial charge in [0.15, 0.2) is 11.9 Å². The molecule has 0 unspecified atom stereocenters. The first-order chi connectivity index (χ1) is 12.9. The number of Topliss-reactive ketones (excluding diaryl/α,β-unsaturated/α-hetero) is 1. The molecule has 1 amide bonds. The Morgan fingerprint density at radius 1 is 0.963 bits per heavy atom. The summed E-state index contributed by atoms with van der Waals surface area (Å²) in [6.45, 7) is 5.58. The molecule has 0 fully saturated rings. The summed E-state index contributed by atoms with van der Waals surface area (Å²) in [7, 11) is 0. The van der Waals surface area contributed by atoms with Gasteiger partial charge in [0.25, 0.3) is 5.91 Å². The maximum Gasteiger partial charge on any atom is 0.338 e. The highest BCUT2D eigenvalue weighted by molar-refractivity contribution is 5.98. The fourth-order valence-electron chi connectivity index (χ4n) is 2.22. The number of ketones is 1. The summed E-state index contributed by atoms with van der Waals surface area (Å²) in [5.41, 5.74) is 1.41. The number of anilines is 1. The molecular formula is C21H23NO5. The number of hydrogen-bond donors (Lipinski definition) is 1. The molecule has 2 aromatic carbocycles. The van der Waals surface area contributed by atoms with E-state index in [0.717, 1.165) is 6.42 Å². The lowest BCUT2D eigenvalue weighted by molar-refractivity contribution is -0.123. The van der Waals surface area contributed by atoms with Crippen LogP contribution in [0.4, 0.5) is 5.69 Å². The van der Waals surface area contributed by atoms with Crippen molar-refractivity contribution in [3.05, 3.63) is 59.7 Å². The molecule has 0 saturated carbocycles. The maximum absolute atomic E-state index is 12.2. The SMILES string of the molecule is CCCOc1ccc(C(=O)O[C@H](C)C(=O)Nc2ccc(C(C)=O)cc2)cc1. The molecule has 0 aliphatic heterocycles. The number of carbonyl (C=O) groups is 3. The molecule has 0 heterocycles. The normalized spacial score (nSPS) is 11.4. The molecular weight excluding hydrogens is 346 g/mol. The number of benzene rings is 2. The zero-order chi connectivity index (χ0) is 19.8. The summed E-state index contributed by atoms with van der Waals surface area (Å²) in [6, 6.07) is 13.1. The van der Waals surface area contributed by atoms with Gasteiger partial charge in [-0.25, -0.2) is 4.79 Å². The van der Waals surface area contributed by atoms with Crippen LogP contribution in [-0.2, 0) is 9.53 Å². The second-order valence-corrected chi connectivity index (χ2v) is 6.04. The van der Waals surface area contributed by atoms with Crippen molar-refractivity contribution in [2.75, 3.05) is 11.9 Å². The molecule has 2 rings (SSSR count). The molecule has 0 radical (unpaired) electrons. The fraction of sp³-hybridized carbons (Fsp3) is 0.286. The zero-order valence-electron chi connectivity index (χ0n) is 15.7. The lowest BCUT2D eigenvalue weighted by atomic mass is 10.1. The van der Waals surface area contributed by atoms with Gasteiger partial charge in [-0.1, -0.05) is 6.92 Å². The molecule has 2 aromatic rings. The first-order valence-corrected chi connectivity index (χ1v) is 8.76. The van der Waals surface area contributed by atoms with E-state index < -0.39 is 18.0 Å². The van der Waals surface area contributed by atoms with E-state index in [4.69, 9.17) is 9.47 Å². The third-order valence-corrected chi connectivity index (χ3v) is 3.77. The van der Waals surface area contributed by atoms with Crippen molar-refractivity contribution >= 4 is 23.3 Å². The second kappa shape index (κ2) is 9.52. The molecule has 6 nitrogen and oxygen atoms in total. The van der Waals surface area contributed by atoms with Gasteiger partial charge in [-0.2, -0.15) is 0 Å². The van der Waals surface area contributed by atoms with Crippen molar-refractivity contribution in [1.82, 2.24) is 0 Å². The number of esters is 1. The van der Waals surface area contributed by atoms with Crippen LogP contribution in [-0.4, -0.2) is 30.4 Å². The first kappa shape index (κ1) is 20.2. The number of nitrogens with one attached hydrogen (secondary N) is 1. The van der Waals surface area contributed by atoms with Crippen LogP contribution < -0.4 is 10.1 Å². The Kier molecular flexibility index (Phi) is 7.11. The Balaban J connectivity index is 1.91. The number of hydrogen-bond acceptors (Lipinski definition) is 5. The van der Waals surface area contributed by atoms with Crippen LogP contribution in [0.3, 0.4) is 0 Å². The van der Waals surface area contributed by atoms with Gasteiger partial charge in [-0.15, -0.1) is 0 Å². The van der Waals surface area contributed by atoms with Crippen molar-refractivity contribution < 1.29 is 23.9 Å². The zero-order valence-corrected chi connectivity index (χ0v) is 15.7. The molecule has 27 heavy (non-hydrogen) atoms. The average molecular weight is 369 g/mol. The predicted octanol–water partition coefficient (Wildman–Crippen LogP) is 3.86. The van der Waals surface area contributed by atoms with Crippen molar-refractivity contribution in [3.63, 3.8) is 0 Å². The monoisotopic (exact) mass is 369 g/mol. The maximum atomic E-state index is 12.2. The highest BCUT2D eigenvalue weighted by Gasteiger charge is 2.19. The standard InChI is InChI=1S/C21H23NO5/c1-4-13-26-19-11-7-17(8-12-19)21(25)27-15(3)20(24)22-18-9-5-16(6-10-18)14(2)23/h5-12,15H,4,13H2,1-3H3,(H,22,24)/t15-/m1/s1. The van der Waals surface area contributed by atoms with Crippen LogP contribution in [0.1, 0.15) is 47.9 Å². The van der Waals surface area contributed by atoms with E-state index in [0.29, 0.717) is 29.2 Å². The minimum absolute atomic E-state index is 0.0544. The number of carbonyl (C=O) groups excluding carboxylic acids is 3. The van der Waals surface area contributed by atoms with Gasteiger partial charge in [0.1, 0.15) is 5.75 Å². The van der Waals surface area contributed by atoms with Crippen LogP contribution >= 0.6 is 0 Å². The van der Waals surface area contributed by atoms with Crippen LogP contribution in [0.15, 0.2) is 48.5 Å². The van der Waals surface area contributed by atoms with Gasteiger partial charge in [0.05, 0.1) is 12.2 Å². The number of rotatable bonds is 8. The van der Waals surface area contributed by atoms with Gasteiger partial charge in [0.2, 0.25) is 0 Å². The van der Waals surface area contributed by atoms with Crippen LogP contribution in [0, 0.1) is 0 Å². The van der Waals surface area contributed by atoms with E-state index in [1.807, 2.05) is 6.92 Å². The third kappa shape index (κ3) is 5.95. The minimum Gasteiger partial charge on any atom is -0.494 e. The molecule has 0 aliphatic carbocycles. The Hall–Kier alpha value is -3.15. The fourth-order valence-corrected chi connectivity index (χ4v) is 2.22. The van der Waals surface area contributed by atoms with Gasteiger partial charge in [0, 0.05) is 11.3 Å². The molecule has 142 valence electrons. The molecule has 0 spiro atoms. The summed E-state index contributed by atoms with van der Waals surface area (Å²) in [6.07, 6.45) is -0.0746. The summed E-state index contributed by atoms with van der Waals surface area (Å²) >= 11 is 0. The van der Waals surface area contributed by atoms with E-state index in [1.54, 1.807) is 48.5 Å². The molecule has 1 N–H and O–H groups in total.